The second kappa shape index (κ2) is 8.81. The van der Waals surface area contributed by atoms with Gasteiger partial charge in [-0.05, 0) is 51.3 Å². The normalized spacial score (nSPS) is 19.5. The highest BCUT2D eigenvalue weighted by molar-refractivity contribution is 5.97. The number of allylic oxidation sites excluding steroid dienone is 2. The van der Waals surface area contributed by atoms with Crippen LogP contribution in [0.4, 0.5) is 18.0 Å². The minimum absolute atomic E-state index is 0.158. The van der Waals surface area contributed by atoms with Gasteiger partial charge in [-0.2, -0.15) is 13.2 Å². The number of benzene rings is 2. The van der Waals surface area contributed by atoms with Gasteiger partial charge in [-0.25, -0.2) is 9.69 Å². The highest BCUT2D eigenvalue weighted by atomic mass is 19.4. The third-order valence-corrected chi connectivity index (χ3v) is 5.14. The van der Waals surface area contributed by atoms with Gasteiger partial charge in [-0.15, -0.1) is 0 Å². The van der Waals surface area contributed by atoms with Crippen molar-refractivity contribution in [3.63, 3.8) is 0 Å². The summed E-state index contributed by atoms with van der Waals surface area (Å²) >= 11 is 0. The van der Waals surface area contributed by atoms with Crippen LogP contribution in [0.5, 0.6) is 0 Å². The van der Waals surface area contributed by atoms with E-state index in [4.69, 9.17) is 4.74 Å². The molecule has 7 heteroatoms. The first-order valence-electron chi connectivity index (χ1n) is 10.3. The van der Waals surface area contributed by atoms with Crippen LogP contribution in [-0.2, 0) is 16.0 Å². The molecular formula is C25H26F3NO3. The molecule has 2 amide bonds. The van der Waals surface area contributed by atoms with Crippen LogP contribution in [0.3, 0.4) is 0 Å². The molecule has 0 radical (unpaired) electrons. The summed E-state index contributed by atoms with van der Waals surface area (Å²) in [5, 5.41) is 0. The van der Waals surface area contributed by atoms with Crippen LogP contribution >= 0.6 is 0 Å². The largest absolute Gasteiger partial charge is 0.443 e. The zero-order valence-electron chi connectivity index (χ0n) is 18.4. The number of nitrogens with zero attached hydrogens (tertiary/aromatic N) is 1. The molecule has 1 heterocycles. The predicted octanol–water partition coefficient (Wildman–Crippen LogP) is 6.16. The summed E-state index contributed by atoms with van der Waals surface area (Å²) in [5.74, 6) is -2.68. The summed E-state index contributed by atoms with van der Waals surface area (Å²) in [7, 11) is 0. The summed E-state index contributed by atoms with van der Waals surface area (Å²) in [6.45, 7) is 6.44. The quantitative estimate of drug-likeness (QED) is 0.568. The van der Waals surface area contributed by atoms with Crippen LogP contribution in [0.25, 0.3) is 0 Å². The molecule has 0 bridgehead atoms. The number of imide groups is 1. The van der Waals surface area contributed by atoms with Crippen molar-refractivity contribution in [2.24, 2.45) is 5.92 Å². The van der Waals surface area contributed by atoms with Crippen LogP contribution in [0.15, 0.2) is 66.4 Å². The fraction of sp³-hybridized carbons (Fsp3) is 0.360. The lowest BCUT2D eigenvalue weighted by atomic mass is 9.78. The molecule has 0 saturated carbocycles. The van der Waals surface area contributed by atoms with Crippen LogP contribution < -0.4 is 0 Å². The van der Waals surface area contributed by atoms with E-state index in [0.717, 1.165) is 17.2 Å². The van der Waals surface area contributed by atoms with E-state index >= 15 is 0 Å². The number of alkyl halides is 3. The van der Waals surface area contributed by atoms with Crippen molar-refractivity contribution in [1.29, 1.82) is 0 Å². The Balaban J connectivity index is 2.15. The van der Waals surface area contributed by atoms with Gasteiger partial charge >= 0.3 is 12.3 Å². The average Bonchev–Trinajstić information content (AvgIpc) is 2.67. The molecule has 2 aromatic carbocycles. The van der Waals surface area contributed by atoms with Gasteiger partial charge in [0.1, 0.15) is 11.3 Å². The highest BCUT2D eigenvalue weighted by Gasteiger charge is 2.51. The van der Waals surface area contributed by atoms with Gasteiger partial charge in [-0.1, -0.05) is 60.2 Å². The topological polar surface area (TPSA) is 46.6 Å². The van der Waals surface area contributed by atoms with E-state index in [9.17, 15) is 22.8 Å². The van der Waals surface area contributed by atoms with Gasteiger partial charge in [-0.3, -0.25) is 4.79 Å². The molecule has 0 fully saturated rings. The number of carbonyl (C=O) groups is 2. The van der Waals surface area contributed by atoms with Gasteiger partial charge in [0.2, 0.25) is 5.91 Å². The minimum atomic E-state index is -4.91. The van der Waals surface area contributed by atoms with Crippen LogP contribution in [0.2, 0.25) is 0 Å². The van der Waals surface area contributed by atoms with Crippen molar-refractivity contribution in [2.75, 3.05) is 0 Å². The Morgan fingerprint density at radius 3 is 2.25 bits per heavy atom. The van der Waals surface area contributed by atoms with Gasteiger partial charge in [0.15, 0.2) is 0 Å². The SMILES string of the molecule is Cc1cccc([C@H]2C=C(C(F)(F)F)N(C(=O)OC(C)(C)C)C(=O)[C@H]2Cc2ccccc2)c1. The van der Waals surface area contributed by atoms with Gasteiger partial charge in [0.05, 0.1) is 5.92 Å². The highest BCUT2D eigenvalue weighted by Crippen LogP contribution is 2.42. The van der Waals surface area contributed by atoms with E-state index < -0.39 is 41.3 Å². The zero-order chi connectivity index (χ0) is 23.7. The smallest absolute Gasteiger partial charge is 0.431 e. The van der Waals surface area contributed by atoms with Gasteiger partial charge in [0.25, 0.3) is 0 Å². The first-order chi connectivity index (χ1) is 14.9. The zero-order valence-corrected chi connectivity index (χ0v) is 18.4. The molecule has 0 aromatic heterocycles. The second-order valence-corrected chi connectivity index (χ2v) is 8.94. The van der Waals surface area contributed by atoms with E-state index in [1.54, 1.807) is 42.5 Å². The molecule has 0 N–H and O–H groups in total. The number of hydrogen-bond acceptors (Lipinski definition) is 3. The molecule has 0 saturated heterocycles. The number of halogens is 3. The second-order valence-electron chi connectivity index (χ2n) is 8.94. The molecule has 2 atom stereocenters. The number of aryl methyl sites for hydroxylation is 1. The lowest BCUT2D eigenvalue weighted by Gasteiger charge is -2.37. The van der Waals surface area contributed by atoms with E-state index in [1.807, 2.05) is 19.1 Å². The number of carbonyl (C=O) groups excluding carboxylic acids is 2. The Morgan fingerprint density at radius 1 is 1.03 bits per heavy atom. The molecule has 170 valence electrons. The monoisotopic (exact) mass is 445 g/mol. The van der Waals surface area contributed by atoms with Crippen LogP contribution in [0, 0.1) is 12.8 Å². The summed E-state index contributed by atoms with van der Waals surface area (Å²) in [6.07, 6.45) is -5.08. The average molecular weight is 445 g/mol. The maximum absolute atomic E-state index is 14.0. The van der Waals surface area contributed by atoms with E-state index in [2.05, 4.69) is 0 Å². The van der Waals surface area contributed by atoms with Gasteiger partial charge < -0.3 is 4.74 Å². The fourth-order valence-electron chi connectivity index (χ4n) is 3.80. The molecule has 3 rings (SSSR count). The summed E-state index contributed by atoms with van der Waals surface area (Å²) in [4.78, 5) is 26.3. The molecule has 0 aliphatic carbocycles. The first-order valence-corrected chi connectivity index (χ1v) is 10.3. The fourth-order valence-corrected chi connectivity index (χ4v) is 3.80. The maximum Gasteiger partial charge on any atom is 0.431 e. The van der Waals surface area contributed by atoms with Crippen LogP contribution in [0.1, 0.15) is 43.4 Å². The van der Waals surface area contributed by atoms with E-state index in [0.29, 0.717) is 5.56 Å². The lowest BCUT2D eigenvalue weighted by Crippen LogP contribution is -2.50. The molecular weight excluding hydrogens is 419 g/mol. The number of rotatable bonds is 3. The van der Waals surface area contributed by atoms with Gasteiger partial charge in [0, 0.05) is 5.92 Å². The van der Waals surface area contributed by atoms with Crippen molar-refractivity contribution in [2.45, 2.75) is 51.8 Å². The standard InChI is InChI=1S/C25H26F3NO3/c1-16-9-8-12-18(13-16)19-15-21(25(26,27)28)29(23(31)32-24(2,3)4)22(30)20(19)14-17-10-6-5-7-11-17/h5-13,15,19-20H,14H2,1-4H3/t19-,20+/m1/s1. The lowest BCUT2D eigenvalue weighted by molar-refractivity contribution is -0.147. The Morgan fingerprint density at radius 2 is 1.69 bits per heavy atom. The van der Waals surface area contributed by atoms with E-state index in [1.165, 1.54) is 20.8 Å². The molecule has 0 spiro atoms. The molecule has 2 aromatic rings. The minimum Gasteiger partial charge on any atom is -0.443 e. The Bertz CT molecular complexity index is 1020. The molecule has 1 aliphatic heterocycles. The Hall–Kier alpha value is -3.09. The van der Waals surface area contributed by atoms with Crippen molar-refractivity contribution >= 4 is 12.0 Å². The van der Waals surface area contributed by atoms with Crippen molar-refractivity contribution in [1.82, 2.24) is 4.90 Å². The molecule has 0 unspecified atom stereocenters. The number of hydrogen-bond donors (Lipinski definition) is 0. The Labute approximate surface area is 185 Å². The molecule has 1 aliphatic rings. The summed E-state index contributed by atoms with van der Waals surface area (Å²) in [6, 6.07) is 16.1. The van der Waals surface area contributed by atoms with E-state index in [-0.39, 0.29) is 11.3 Å². The first kappa shape index (κ1) is 23.6. The van der Waals surface area contributed by atoms with Crippen molar-refractivity contribution < 1.29 is 27.5 Å². The number of ether oxygens (including phenoxy) is 1. The molecule has 4 nitrogen and oxygen atoms in total. The predicted molar refractivity (Wildman–Crippen MR) is 115 cm³/mol. The molecule has 32 heavy (non-hydrogen) atoms. The Kier molecular flexibility index (Phi) is 6.49. The summed E-state index contributed by atoms with van der Waals surface area (Å²) in [5.41, 5.74) is -0.130. The summed E-state index contributed by atoms with van der Waals surface area (Å²) < 4.78 is 47.2. The maximum atomic E-state index is 14.0. The third-order valence-electron chi connectivity index (χ3n) is 5.14. The van der Waals surface area contributed by atoms with Crippen LogP contribution in [-0.4, -0.2) is 28.7 Å². The van der Waals surface area contributed by atoms with Crippen molar-refractivity contribution in [3.05, 3.63) is 83.1 Å². The van der Waals surface area contributed by atoms with Crippen molar-refractivity contribution in [3.8, 4) is 0 Å². The third kappa shape index (κ3) is 5.39. The number of amides is 2.